The molecule has 0 aliphatic heterocycles. The number of nitrogens with one attached hydrogen (secondary N) is 2. The van der Waals surface area contributed by atoms with Gasteiger partial charge in [0.25, 0.3) is 5.91 Å². The Bertz CT molecular complexity index is 974. The van der Waals surface area contributed by atoms with Crippen LogP contribution in [-0.2, 0) is 15.0 Å². The van der Waals surface area contributed by atoms with E-state index in [1.807, 2.05) is 26.0 Å². The predicted molar refractivity (Wildman–Crippen MR) is 128 cm³/mol. The minimum atomic E-state index is -0.650. The monoisotopic (exact) mass is 494 g/mol. The highest BCUT2D eigenvalue weighted by molar-refractivity contribution is 6.31. The van der Waals surface area contributed by atoms with Crippen molar-refractivity contribution in [1.82, 2.24) is 10.6 Å². The van der Waals surface area contributed by atoms with E-state index in [1.54, 1.807) is 12.1 Å². The second kappa shape index (κ2) is 11.2. The third kappa shape index (κ3) is 7.08. The smallest absolute Gasteiger partial charge is 0.258 e. The van der Waals surface area contributed by atoms with Gasteiger partial charge in [0.15, 0.2) is 6.61 Å². The Morgan fingerprint density at radius 1 is 1.06 bits per heavy atom. The molecular formula is C25H29Cl2FN2O3. The molecule has 0 unspecified atom stereocenters. The molecule has 178 valence electrons. The first kappa shape index (κ1) is 25.3. The van der Waals surface area contributed by atoms with Gasteiger partial charge < -0.3 is 15.4 Å². The van der Waals surface area contributed by atoms with Gasteiger partial charge in [0.1, 0.15) is 11.6 Å². The van der Waals surface area contributed by atoms with E-state index in [4.69, 9.17) is 27.9 Å². The van der Waals surface area contributed by atoms with Gasteiger partial charge in [-0.3, -0.25) is 9.59 Å². The Morgan fingerprint density at radius 3 is 2.36 bits per heavy atom. The van der Waals surface area contributed by atoms with Crippen molar-refractivity contribution in [3.8, 4) is 5.75 Å². The summed E-state index contributed by atoms with van der Waals surface area (Å²) in [6.07, 6.45) is 3.50. The molecule has 2 amide bonds. The van der Waals surface area contributed by atoms with E-state index in [2.05, 4.69) is 10.6 Å². The van der Waals surface area contributed by atoms with Crippen LogP contribution in [0, 0.1) is 11.7 Å². The number of carbonyl (C=O) groups is 2. The van der Waals surface area contributed by atoms with E-state index in [1.165, 1.54) is 12.1 Å². The van der Waals surface area contributed by atoms with Gasteiger partial charge in [-0.15, -0.1) is 0 Å². The van der Waals surface area contributed by atoms with Crippen LogP contribution >= 0.6 is 23.2 Å². The summed E-state index contributed by atoms with van der Waals surface area (Å²) in [6, 6.07) is 11.5. The van der Waals surface area contributed by atoms with Crippen LogP contribution in [0.4, 0.5) is 4.39 Å². The van der Waals surface area contributed by atoms with Gasteiger partial charge >= 0.3 is 0 Å². The Hall–Kier alpha value is -2.31. The molecule has 1 aliphatic rings. The number of amides is 2. The summed E-state index contributed by atoms with van der Waals surface area (Å²) in [6.45, 7) is 4.23. The van der Waals surface area contributed by atoms with Crippen molar-refractivity contribution in [2.75, 3.05) is 13.2 Å². The maximum Gasteiger partial charge on any atom is 0.258 e. The molecule has 5 nitrogen and oxygen atoms in total. The van der Waals surface area contributed by atoms with Crippen molar-refractivity contribution in [3.05, 3.63) is 63.9 Å². The minimum absolute atomic E-state index is 0.00768. The minimum Gasteiger partial charge on any atom is -0.484 e. The number of halogens is 3. The highest BCUT2D eigenvalue weighted by Gasteiger charge is 2.30. The SMILES string of the molecule is CC(C)(C(=O)NC[C@H]1CC[C@H](NC(=O)COc2ccc(Cl)c(F)c2)CC1)c1ccc(Cl)cc1. The zero-order valence-electron chi connectivity index (χ0n) is 18.8. The van der Waals surface area contributed by atoms with Gasteiger partial charge in [0.2, 0.25) is 5.91 Å². The van der Waals surface area contributed by atoms with E-state index in [0.29, 0.717) is 17.5 Å². The predicted octanol–water partition coefficient (Wildman–Crippen LogP) is 5.28. The van der Waals surface area contributed by atoms with Crippen molar-refractivity contribution < 1.29 is 18.7 Å². The molecule has 2 aromatic rings. The molecule has 0 heterocycles. The number of ether oxygens (including phenoxy) is 1. The molecular weight excluding hydrogens is 466 g/mol. The van der Waals surface area contributed by atoms with Crippen LogP contribution < -0.4 is 15.4 Å². The molecule has 8 heteroatoms. The van der Waals surface area contributed by atoms with Crippen molar-refractivity contribution in [2.24, 2.45) is 5.92 Å². The summed E-state index contributed by atoms with van der Waals surface area (Å²) < 4.78 is 18.8. The molecule has 2 aromatic carbocycles. The molecule has 1 aliphatic carbocycles. The lowest BCUT2D eigenvalue weighted by atomic mass is 9.82. The fraction of sp³-hybridized carbons (Fsp3) is 0.440. The number of rotatable bonds is 8. The standard InChI is InChI=1S/C25H29Cl2FN2O3/c1-25(2,17-5-7-18(26)8-6-17)24(32)29-14-16-3-9-19(10-4-16)30-23(31)15-33-20-11-12-21(27)22(28)13-20/h5-8,11-13,16,19H,3-4,9-10,14-15H2,1-2H3,(H,29,32)(H,30,31)/t16-,19-. The van der Waals surface area contributed by atoms with Crippen LogP contribution in [0.25, 0.3) is 0 Å². The Morgan fingerprint density at radius 2 is 1.73 bits per heavy atom. The second-order valence-corrected chi connectivity index (χ2v) is 9.84. The lowest BCUT2D eigenvalue weighted by Gasteiger charge is -2.31. The second-order valence-electron chi connectivity index (χ2n) is 8.99. The molecule has 0 atom stereocenters. The topological polar surface area (TPSA) is 67.4 Å². The summed E-state index contributed by atoms with van der Waals surface area (Å²) in [5.74, 6) is -0.219. The first-order chi connectivity index (χ1) is 15.6. The fourth-order valence-corrected chi connectivity index (χ4v) is 4.19. The van der Waals surface area contributed by atoms with Gasteiger partial charge in [-0.2, -0.15) is 0 Å². The molecule has 0 spiro atoms. The van der Waals surface area contributed by atoms with Crippen molar-refractivity contribution >= 4 is 35.0 Å². The molecule has 3 rings (SSSR count). The Balaban J connectivity index is 1.38. The third-order valence-electron chi connectivity index (χ3n) is 6.16. The quantitative estimate of drug-likeness (QED) is 0.524. The average Bonchev–Trinajstić information content (AvgIpc) is 2.79. The molecule has 0 aromatic heterocycles. The Labute approximate surface area is 204 Å². The molecule has 33 heavy (non-hydrogen) atoms. The van der Waals surface area contributed by atoms with Gasteiger partial charge in [-0.05, 0) is 75.3 Å². The van der Waals surface area contributed by atoms with Crippen LogP contribution in [0.15, 0.2) is 42.5 Å². The normalized spacial score (nSPS) is 18.5. The Kier molecular flexibility index (Phi) is 8.60. The highest BCUT2D eigenvalue weighted by atomic mass is 35.5. The summed E-state index contributed by atoms with van der Waals surface area (Å²) in [7, 11) is 0. The molecule has 0 bridgehead atoms. The van der Waals surface area contributed by atoms with E-state index in [0.717, 1.165) is 37.3 Å². The van der Waals surface area contributed by atoms with Gasteiger partial charge in [0.05, 0.1) is 10.4 Å². The molecule has 1 saturated carbocycles. The number of hydrogen-bond acceptors (Lipinski definition) is 3. The molecule has 1 fully saturated rings. The average molecular weight is 495 g/mol. The number of benzene rings is 2. The van der Waals surface area contributed by atoms with Gasteiger partial charge in [0, 0.05) is 23.7 Å². The van der Waals surface area contributed by atoms with Crippen LogP contribution in [-0.4, -0.2) is 31.0 Å². The third-order valence-corrected chi connectivity index (χ3v) is 6.72. The van der Waals surface area contributed by atoms with Crippen molar-refractivity contribution in [1.29, 1.82) is 0 Å². The maximum atomic E-state index is 13.4. The molecule has 0 radical (unpaired) electrons. The van der Waals surface area contributed by atoms with Crippen LogP contribution in [0.1, 0.15) is 45.1 Å². The number of carbonyl (C=O) groups excluding carboxylic acids is 2. The van der Waals surface area contributed by atoms with Crippen LogP contribution in [0.3, 0.4) is 0 Å². The van der Waals surface area contributed by atoms with Crippen molar-refractivity contribution in [3.63, 3.8) is 0 Å². The van der Waals surface area contributed by atoms with Gasteiger partial charge in [-0.1, -0.05) is 35.3 Å². The van der Waals surface area contributed by atoms with Crippen LogP contribution in [0.2, 0.25) is 10.0 Å². The molecule has 2 N–H and O–H groups in total. The zero-order valence-corrected chi connectivity index (χ0v) is 20.3. The first-order valence-electron chi connectivity index (χ1n) is 11.1. The number of hydrogen-bond donors (Lipinski definition) is 2. The zero-order chi connectivity index (χ0) is 24.0. The van der Waals surface area contributed by atoms with E-state index in [9.17, 15) is 14.0 Å². The highest BCUT2D eigenvalue weighted by Crippen LogP contribution is 2.27. The van der Waals surface area contributed by atoms with E-state index < -0.39 is 11.2 Å². The van der Waals surface area contributed by atoms with Gasteiger partial charge in [-0.25, -0.2) is 4.39 Å². The fourth-order valence-electron chi connectivity index (χ4n) is 3.95. The molecule has 0 saturated heterocycles. The van der Waals surface area contributed by atoms with Crippen molar-refractivity contribution in [2.45, 2.75) is 51.0 Å². The lowest BCUT2D eigenvalue weighted by molar-refractivity contribution is -0.126. The first-order valence-corrected chi connectivity index (χ1v) is 11.8. The van der Waals surface area contributed by atoms with E-state index in [-0.39, 0.29) is 35.2 Å². The van der Waals surface area contributed by atoms with Crippen LogP contribution in [0.5, 0.6) is 5.75 Å². The summed E-state index contributed by atoms with van der Waals surface area (Å²) in [5.41, 5.74) is 0.266. The van der Waals surface area contributed by atoms with E-state index >= 15 is 0 Å². The summed E-state index contributed by atoms with van der Waals surface area (Å²) >= 11 is 11.6. The maximum absolute atomic E-state index is 13.4. The lowest BCUT2D eigenvalue weighted by Crippen LogP contribution is -2.44. The summed E-state index contributed by atoms with van der Waals surface area (Å²) in [4.78, 5) is 25.0. The summed E-state index contributed by atoms with van der Waals surface area (Å²) in [5, 5.41) is 6.71. The largest absolute Gasteiger partial charge is 0.484 e.